The summed E-state index contributed by atoms with van der Waals surface area (Å²) in [6.07, 6.45) is 2.96. The van der Waals surface area contributed by atoms with Crippen LogP contribution < -0.4 is 0 Å². The number of nitrogens with zero attached hydrogens (tertiary/aromatic N) is 4. The van der Waals surface area contributed by atoms with Gasteiger partial charge >= 0.3 is 0 Å². The maximum Gasteiger partial charge on any atom is 0.0542 e. The molecule has 21 rings (SSSR count). The topological polar surface area (TPSA) is 19.7 Å². The first kappa shape index (κ1) is 58.4. The van der Waals surface area contributed by atoms with Crippen LogP contribution in [0.1, 0.15) is 18.2 Å². The van der Waals surface area contributed by atoms with Gasteiger partial charge in [0, 0.05) is 106 Å². The number of benzene rings is 15. The van der Waals surface area contributed by atoms with Gasteiger partial charge < -0.3 is 18.3 Å². The molecule has 21 aromatic rings. The van der Waals surface area contributed by atoms with Crippen LogP contribution >= 0.6 is 22.7 Å². The minimum atomic E-state index is 0.942. The van der Waals surface area contributed by atoms with E-state index in [0.717, 1.165) is 34.9 Å². The van der Waals surface area contributed by atoms with Crippen LogP contribution in [0.5, 0.6) is 0 Å². The van der Waals surface area contributed by atoms with Crippen molar-refractivity contribution in [2.24, 2.45) is 0 Å². The summed E-state index contributed by atoms with van der Waals surface area (Å²) in [6.45, 7) is 6.50. The van der Waals surface area contributed by atoms with Gasteiger partial charge in [-0.25, -0.2) is 0 Å². The zero-order valence-electron chi connectivity index (χ0n) is 55.8. The quantitative estimate of drug-likeness (QED) is 0.123. The Morgan fingerprint density at radius 3 is 1.14 bits per heavy atom. The summed E-state index contributed by atoms with van der Waals surface area (Å²) < 4.78 is 14.9. The van der Waals surface area contributed by atoms with Crippen LogP contribution in [0.15, 0.2) is 334 Å². The third kappa shape index (κ3) is 8.99. The van der Waals surface area contributed by atoms with Crippen molar-refractivity contribution in [2.45, 2.75) is 13.3 Å². The number of aromatic nitrogens is 4. The number of para-hydroxylation sites is 4. The third-order valence-electron chi connectivity index (χ3n) is 21.6. The molecule has 0 spiro atoms. The summed E-state index contributed by atoms with van der Waals surface area (Å²) >= 11 is 3.75. The Bertz CT molecular complexity index is 7030. The van der Waals surface area contributed by atoms with Gasteiger partial charge in [-0.2, -0.15) is 0 Å². The maximum atomic E-state index is 4.27. The van der Waals surface area contributed by atoms with Crippen molar-refractivity contribution in [1.82, 2.24) is 18.3 Å². The monoisotopic (exact) mass is 1330 g/mol. The molecule has 478 valence electrons. The molecule has 4 nitrogen and oxygen atoms in total. The molecule has 0 N–H and O–H groups in total. The minimum Gasteiger partial charge on any atom is -0.310 e. The lowest BCUT2D eigenvalue weighted by molar-refractivity contribution is 1.06. The molecular formula is C96H62N4S2. The summed E-state index contributed by atoms with van der Waals surface area (Å²) in [4.78, 5) is 0. The Kier molecular flexibility index (Phi) is 13.2. The van der Waals surface area contributed by atoms with E-state index in [2.05, 4.69) is 359 Å². The number of hydrogen-bond acceptors (Lipinski definition) is 2. The molecule has 0 atom stereocenters. The van der Waals surface area contributed by atoms with Gasteiger partial charge in [-0.15, -0.1) is 22.7 Å². The second kappa shape index (κ2) is 23.0. The lowest BCUT2D eigenvalue weighted by Gasteiger charge is -2.12. The fraction of sp³-hybridized carbons (Fsp3) is 0.0208. The van der Waals surface area contributed by atoms with Gasteiger partial charge in [0.25, 0.3) is 0 Å². The van der Waals surface area contributed by atoms with Crippen molar-refractivity contribution in [1.29, 1.82) is 0 Å². The highest BCUT2D eigenvalue weighted by Crippen LogP contribution is 2.46. The van der Waals surface area contributed by atoms with E-state index in [1.54, 1.807) is 0 Å². The molecule has 6 aromatic heterocycles. The van der Waals surface area contributed by atoms with Crippen LogP contribution in [-0.4, -0.2) is 18.3 Å². The minimum absolute atomic E-state index is 0.942. The fourth-order valence-electron chi connectivity index (χ4n) is 16.8. The van der Waals surface area contributed by atoms with E-state index in [-0.39, 0.29) is 0 Å². The molecule has 0 unspecified atom stereocenters. The van der Waals surface area contributed by atoms with Gasteiger partial charge in [-0.3, -0.25) is 0 Å². The largest absolute Gasteiger partial charge is 0.310 e. The molecule has 0 aliphatic rings. The molecule has 0 fully saturated rings. The molecule has 15 aromatic carbocycles. The van der Waals surface area contributed by atoms with Gasteiger partial charge in [0.1, 0.15) is 0 Å². The number of hydrogen-bond donors (Lipinski definition) is 0. The second-order valence-corrected chi connectivity index (χ2v) is 29.2. The first-order valence-corrected chi connectivity index (χ1v) is 36.7. The lowest BCUT2D eigenvalue weighted by atomic mass is 9.98. The lowest BCUT2D eigenvalue weighted by Crippen LogP contribution is -1.98. The molecule has 0 amide bonds. The number of rotatable bonds is 11. The van der Waals surface area contributed by atoms with Gasteiger partial charge in [0.05, 0.1) is 38.6 Å². The number of aryl methyl sites for hydroxylation is 1. The van der Waals surface area contributed by atoms with Gasteiger partial charge in [-0.05, 0) is 201 Å². The molecule has 0 aliphatic carbocycles. The first-order valence-electron chi connectivity index (χ1n) is 35.1. The van der Waals surface area contributed by atoms with E-state index in [0.29, 0.717) is 0 Å². The summed E-state index contributed by atoms with van der Waals surface area (Å²) in [5.74, 6) is 0. The van der Waals surface area contributed by atoms with Crippen molar-refractivity contribution in [2.75, 3.05) is 0 Å². The predicted octanol–water partition coefficient (Wildman–Crippen LogP) is 27.2. The van der Waals surface area contributed by atoms with Crippen molar-refractivity contribution >= 4 is 145 Å². The van der Waals surface area contributed by atoms with Gasteiger partial charge in [-0.1, -0.05) is 214 Å². The molecule has 6 heterocycles. The molecule has 0 aliphatic heterocycles. The van der Waals surface area contributed by atoms with E-state index in [4.69, 9.17) is 0 Å². The van der Waals surface area contributed by atoms with Crippen LogP contribution in [0, 0.1) is 0 Å². The SMILES string of the molecule is C=Cc1c(CC)c2ccccc2n1-c1ccc2c(c1)c1ccccc1n2-c1ccc(-c2ccc(-c3cccc4c3sc3ccc(-c5ccc6c(c5)c5ccccc5n6-c5ccc6c(c5)c5ccccc5n6-c5ccc(-c6ccc(-c7ccc8sc9ccccc9c8c7)cc6)cc5)cc34)cc2)cc1. The average Bonchev–Trinajstić information content (AvgIpc) is 1.58. The second-order valence-electron chi connectivity index (χ2n) is 27.0. The van der Waals surface area contributed by atoms with Crippen molar-refractivity contribution in [3.8, 4) is 78.4 Å². The summed E-state index contributed by atoms with van der Waals surface area (Å²) in [6, 6.07) is 122. The van der Waals surface area contributed by atoms with Crippen molar-refractivity contribution < 1.29 is 0 Å². The number of thiophene rings is 2. The van der Waals surface area contributed by atoms with Gasteiger partial charge in [0.15, 0.2) is 0 Å². The highest BCUT2D eigenvalue weighted by molar-refractivity contribution is 7.26. The Balaban J connectivity index is 0.561. The fourth-order valence-corrected chi connectivity index (χ4v) is 19.1. The molecule has 0 radical (unpaired) electrons. The predicted molar refractivity (Wildman–Crippen MR) is 439 cm³/mol. The Morgan fingerprint density at radius 2 is 0.598 bits per heavy atom. The van der Waals surface area contributed by atoms with Gasteiger partial charge in [0.2, 0.25) is 0 Å². The smallest absolute Gasteiger partial charge is 0.0542 e. The third-order valence-corrected chi connectivity index (χ3v) is 24.0. The molecule has 0 saturated heterocycles. The molecule has 102 heavy (non-hydrogen) atoms. The summed E-state index contributed by atoms with van der Waals surface area (Å²) in [5.41, 5.74) is 27.5. The van der Waals surface area contributed by atoms with Crippen LogP contribution in [0.3, 0.4) is 0 Å². The Labute approximate surface area is 596 Å². The zero-order chi connectivity index (χ0) is 67.3. The van der Waals surface area contributed by atoms with E-state index >= 15 is 0 Å². The van der Waals surface area contributed by atoms with Crippen LogP contribution in [0.25, 0.3) is 201 Å². The van der Waals surface area contributed by atoms with E-state index in [9.17, 15) is 0 Å². The summed E-state index contributed by atoms with van der Waals surface area (Å²) in [5, 5.41) is 13.9. The number of fused-ring (bicyclic) bond motifs is 16. The van der Waals surface area contributed by atoms with E-state index in [1.807, 2.05) is 28.7 Å². The standard InChI is InChI=1S/C96H62N4S2/c1-3-72-74-16-5-10-23-86(74)99(85(72)4-2)70-47-50-91-81(57-70)76-18-7-11-24-87(76)97(91)69-45-38-62(39-46-69)60-32-34-64(35-33-60)73-21-15-22-79-84-56-67(42-53-95(84)102-96(73)79)66-40-49-90-80(54-66)75-17-6-13-26-89(75)100(90)71-48-51-92-82(58-71)77-19-8-12-25-88(77)98(92)68-43-36-61(37-44-68)59-28-30-63(31-29-59)65-41-52-94-83(55-65)78-20-9-14-27-93(78)101-94/h4-58H,2-3H2,1H3. The Morgan fingerprint density at radius 1 is 0.255 bits per heavy atom. The molecule has 0 bridgehead atoms. The highest BCUT2D eigenvalue weighted by Gasteiger charge is 2.22. The maximum absolute atomic E-state index is 4.27. The molecule has 6 heteroatoms. The molecule has 0 saturated carbocycles. The van der Waals surface area contributed by atoms with Crippen LogP contribution in [0.4, 0.5) is 0 Å². The van der Waals surface area contributed by atoms with Crippen LogP contribution in [0.2, 0.25) is 0 Å². The van der Waals surface area contributed by atoms with E-state index in [1.165, 1.54) is 178 Å². The normalized spacial score (nSPS) is 12.0. The zero-order valence-corrected chi connectivity index (χ0v) is 57.4. The van der Waals surface area contributed by atoms with Crippen molar-refractivity contribution in [3.63, 3.8) is 0 Å². The molecular weight excluding hydrogens is 1270 g/mol. The van der Waals surface area contributed by atoms with Crippen LogP contribution in [-0.2, 0) is 6.42 Å². The van der Waals surface area contributed by atoms with Crippen molar-refractivity contribution in [3.05, 3.63) is 345 Å². The average molecular weight is 1340 g/mol. The first-order chi connectivity index (χ1) is 50.5. The summed E-state index contributed by atoms with van der Waals surface area (Å²) in [7, 11) is 0. The van der Waals surface area contributed by atoms with E-state index < -0.39 is 0 Å². The highest BCUT2D eigenvalue weighted by atomic mass is 32.1. The Hall–Kier alpha value is -12.6.